The molecule has 1 aliphatic rings. The molecular formula is C11H24N2O2S. The van der Waals surface area contributed by atoms with Gasteiger partial charge in [-0.25, -0.2) is 12.7 Å². The Labute approximate surface area is 99.5 Å². The van der Waals surface area contributed by atoms with Crippen LogP contribution in [0.25, 0.3) is 0 Å². The summed E-state index contributed by atoms with van der Waals surface area (Å²) in [5.74, 6) is 0.314. The van der Waals surface area contributed by atoms with Gasteiger partial charge in [-0.2, -0.15) is 0 Å². The fraction of sp³-hybridized carbons (Fsp3) is 1.00. The van der Waals surface area contributed by atoms with Crippen LogP contribution in [0, 0.1) is 0 Å². The maximum Gasteiger partial charge on any atom is 0.214 e. The van der Waals surface area contributed by atoms with Crippen LogP contribution in [0.1, 0.15) is 38.5 Å². The predicted molar refractivity (Wildman–Crippen MR) is 67.0 cm³/mol. The molecule has 5 heteroatoms. The number of sulfonamides is 1. The Morgan fingerprint density at radius 2 is 1.69 bits per heavy atom. The van der Waals surface area contributed by atoms with Crippen LogP contribution in [0.2, 0.25) is 0 Å². The third-order valence-electron chi connectivity index (χ3n) is 3.04. The SMILES string of the molecule is CNCCCCS(=O)(=O)N1CCCCCC1. The van der Waals surface area contributed by atoms with Crippen LogP contribution in [0.3, 0.4) is 0 Å². The third-order valence-corrected chi connectivity index (χ3v) is 4.99. The van der Waals surface area contributed by atoms with Crippen LogP contribution in [0.5, 0.6) is 0 Å². The zero-order valence-corrected chi connectivity index (χ0v) is 11.1. The van der Waals surface area contributed by atoms with Gasteiger partial charge in [0.25, 0.3) is 0 Å². The summed E-state index contributed by atoms with van der Waals surface area (Å²) in [5.41, 5.74) is 0. The van der Waals surface area contributed by atoms with Gasteiger partial charge < -0.3 is 5.32 Å². The minimum atomic E-state index is -2.98. The van der Waals surface area contributed by atoms with Crippen molar-refractivity contribution in [2.24, 2.45) is 0 Å². The molecule has 1 fully saturated rings. The van der Waals surface area contributed by atoms with Crippen LogP contribution in [0.4, 0.5) is 0 Å². The summed E-state index contributed by atoms with van der Waals surface area (Å²) in [6.45, 7) is 2.36. The molecular weight excluding hydrogens is 224 g/mol. The molecule has 1 rings (SSSR count). The largest absolute Gasteiger partial charge is 0.320 e. The molecule has 1 saturated heterocycles. The van der Waals surface area contributed by atoms with E-state index in [2.05, 4.69) is 5.32 Å². The molecule has 0 aromatic rings. The molecule has 4 nitrogen and oxygen atoms in total. The maximum absolute atomic E-state index is 12.0. The number of nitrogens with zero attached hydrogens (tertiary/aromatic N) is 1. The summed E-state index contributed by atoms with van der Waals surface area (Å²) in [4.78, 5) is 0. The van der Waals surface area contributed by atoms with Crippen molar-refractivity contribution in [1.82, 2.24) is 9.62 Å². The zero-order valence-electron chi connectivity index (χ0n) is 10.2. The Morgan fingerprint density at radius 3 is 2.25 bits per heavy atom. The summed E-state index contributed by atoms with van der Waals surface area (Å²) in [7, 11) is -1.09. The lowest BCUT2D eigenvalue weighted by atomic mass is 10.2. The second-order valence-corrected chi connectivity index (χ2v) is 6.53. The average molecular weight is 248 g/mol. The monoisotopic (exact) mass is 248 g/mol. The highest BCUT2D eigenvalue weighted by Gasteiger charge is 2.21. The number of nitrogens with one attached hydrogen (secondary N) is 1. The predicted octanol–water partition coefficient (Wildman–Crippen LogP) is 1.19. The molecule has 0 radical (unpaired) electrons. The molecule has 1 aliphatic heterocycles. The van der Waals surface area contributed by atoms with Crippen molar-refractivity contribution in [2.45, 2.75) is 38.5 Å². The second kappa shape index (κ2) is 7.25. The third kappa shape index (κ3) is 4.80. The lowest BCUT2D eigenvalue weighted by molar-refractivity contribution is 0.422. The average Bonchev–Trinajstić information content (AvgIpc) is 2.53. The van der Waals surface area contributed by atoms with E-state index in [4.69, 9.17) is 0 Å². The summed E-state index contributed by atoms with van der Waals surface area (Å²) in [5, 5.41) is 3.04. The van der Waals surface area contributed by atoms with Crippen LogP contribution < -0.4 is 5.32 Å². The second-order valence-electron chi connectivity index (χ2n) is 4.44. The van der Waals surface area contributed by atoms with E-state index in [0.29, 0.717) is 5.75 Å². The first-order chi connectivity index (χ1) is 7.67. The number of hydrogen-bond acceptors (Lipinski definition) is 3. The Hall–Kier alpha value is -0.130. The van der Waals surface area contributed by atoms with Gasteiger partial charge in [-0.05, 0) is 39.3 Å². The Bertz CT molecular complexity index is 270. The highest BCUT2D eigenvalue weighted by Crippen LogP contribution is 2.14. The van der Waals surface area contributed by atoms with Crippen molar-refractivity contribution < 1.29 is 8.42 Å². The summed E-state index contributed by atoms with van der Waals surface area (Å²) in [6.07, 6.45) is 6.09. The van der Waals surface area contributed by atoms with Gasteiger partial charge in [0, 0.05) is 13.1 Å². The van der Waals surface area contributed by atoms with E-state index < -0.39 is 10.0 Å². The highest BCUT2D eigenvalue weighted by molar-refractivity contribution is 7.89. The molecule has 0 spiro atoms. The van der Waals surface area contributed by atoms with Crippen LogP contribution in [-0.4, -0.2) is 45.2 Å². The van der Waals surface area contributed by atoms with E-state index in [9.17, 15) is 8.42 Å². The van der Waals surface area contributed by atoms with Gasteiger partial charge in [-0.15, -0.1) is 0 Å². The molecule has 0 unspecified atom stereocenters. The molecule has 0 aromatic heterocycles. The van der Waals surface area contributed by atoms with Gasteiger partial charge >= 0.3 is 0 Å². The minimum absolute atomic E-state index is 0.314. The van der Waals surface area contributed by atoms with Crippen LogP contribution in [-0.2, 0) is 10.0 Å². The van der Waals surface area contributed by atoms with Crippen LogP contribution >= 0.6 is 0 Å². The standard InChI is InChI=1S/C11H24N2O2S/c1-12-8-4-7-11-16(14,15)13-9-5-2-3-6-10-13/h12H,2-11H2,1H3. The lowest BCUT2D eigenvalue weighted by Gasteiger charge is -2.19. The molecule has 0 amide bonds. The van der Waals surface area contributed by atoms with Gasteiger partial charge in [-0.1, -0.05) is 12.8 Å². The van der Waals surface area contributed by atoms with Crippen molar-refractivity contribution in [2.75, 3.05) is 32.4 Å². The molecule has 0 aliphatic carbocycles. The quantitative estimate of drug-likeness (QED) is 0.718. The van der Waals surface area contributed by atoms with Crippen molar-refractivity contribution in [1.29, 1.82) is 0 Å². The van der Waals surface area contributed by atoms with Gasteiger partial charge in [0.1, 0.15) is 0 Å². The van der Waals surface area contributed by atoms with E-state index >= 15 is 0 Å². The highest BCUT2D eigenvalue weighted by atomic mass is 32.2. The Morgan fingerprint density at radius 1 is 1.06 bits per heavy atom. The van der Waals surface area contributed by atoms with E-state index in [1.807, 2.05) is 7.05 Å². The topological polar surface area (TPSA) is 49.4 Å². The van der Waals surface area contributed by atoms with Gasteiger partial charge in [0.05, 0.1) is 5.75 Å². The fourth-order valence-corrected chi connectivity index (χ4v) is 3.68. The minimum Gasteiger partial charge on any atom is -0.320 e. The molecule has 0 atom stereocenters. The maximum atomic E-state index is 12.0. The first-order valence-electron chi connectivity index (χ1n) is 6.29. The molecule has 1 heterocycles. The summed E-state index contributed by atoms with van der Waals surface area (Å²) >= 11 is 0. The normalized spacial score (nSPS) is 19.6. The van der Waals surface area contributed by atoms with Gasteiger partial charge in [0.15, 0.2) is 0 Å². The van der Waals surface area contributed by atoms with E-state index in [1.54, 1.807) is 4.31 Å². The molecule has 16 heavy (non-hydrogen) atoms. The fourth-order valence-electron chi connectivity index (χ4n) is 2.04. The lowest BCUT2D eigenvalue weighted by Crippen LogP contribution is -2.34. The summed E-state index contributed by atoms with van der Waals surface area (Å²) < 4.78 is 25.7. The zero-order chi connectivity index (χ0) is 11.9. The molecule has 0 aromatic carbocycles. The number of unbranched alkanes of at least 4 members (excludes halogenated alkanes) is 1. The number of rotatable bonds is 6. The van der Waals surface area contributed by atoms with Crippen molar-refractivity contribution in [3.63, 3.8) is 0 Å². The molecule has 0 bridgehead atoms. The molecule has 96 valence electrons. The van der Waals surface area contributed by atoms with E-state index in [0.717, 1.165) is 45.3 Å². The van der Waals surface area contributed by atoms with Gasteiger partial charge in [-0.3, -0.25) is 0 Å². The van der Waals surface area contributed by atoms with Crippen molar-refractivity contribution in [3.05, 3.63) is 0 Å². The first-order valence-corrected chi connectivity index (χ1v) is 7.90. The van der Waals surface area contributed by atoms with E-state index in [1.165, 1.54) is 12.8 Å². The molecule has 0 saturated carbocycles. The first kappa shape index (κ1) is 13.9. The van der Waals surface area contributed by atoms with Crippen molar-refractivity contribution in [3.8, 4) is 0 Å². The number of hydrogen-bond donors (Lipinski definition) is 1. The molecule has 1 N–H and O–H groups in total. The van der Waals surface area contributed by atoms with Crippen molar-refractivity contribution >= 4 is 10.0 Å². The Kier molecular flexibility index (Phi) is 6.31. The smallest absolute Gasteiger partial charge is 0.214 e. The van der Waals surface area contributed by atoms with E-state index in [-0.39, 0.29) is 0 Å². The van der Waals surface area contributed by atoms with Crippen LogP contribution in [0.15, 0.2) is 0 Å². The summed E-state index contributed by atoms with van der Waals surface area (Å²) in [6, 6.07) is 0. The Balaban J connectivity index is 2.36. The van der Waals surface area contributed by atoms with Gasteiger partial charge in [0.2, 0.25) is 10.0 Å².